The van der Waals surface area contributed by atoms with Gasteiger partial charge in [0.15, 0.2) is 5.17 Å². The van der Waals surface area contributed by atoms with E-state index in [1.165, 1.54) is 30.6 Å². The van der Waals surface area contributed by atoms with E-state index in [0.717, 1.165) is 11.3 Å². The van der Waals surface area contributed by atoms with Crippen LogP contribution in [0.25, 0.3) is 0 Å². The Labute approximate surface area is 184 Å². The molecule has 1 heterocycles. The van der Waals surface area contributed by atoms with Crippen molar-refractivity contribution in [2.45, 2.75) is 25.6 Å². The maximum Gasteiger partial charge on any atom is 0.241 e. The number of hydrogen-bond donors (Lipinski definition) is 1. The lowest BCUT2D eigenvalue weighted by Gasteiger charge is -2.20. The number of rotatable bonds is 7. The van der Waals surface area contributed by atoms with E-state index < -0.39 is 5.37 Å². The summed E-state index contributed by atoms with van der Waals surface area (Å²) >= 11 is 7.66. The van der Waals surface area contributed by atoms with Crippen molar-refractivity contribution in [3.8, 4) is 11.5 Å². The van der Waals surface area contributed by atoms with Crippen LogP contribution in [0.1, 0.15) is 31.2 Å². The number of nitrogens with one attached hydrogen (secondary N) is 1. The minimum Gasteiger partial charge on any atom is -0.493 e. The van der Waals surface area contributed by atoms with E-state index in [0.29, 0.717) is 35.6 Å². The molecule has 0 aromatic heterocycles. The molecule has 1 aliphatic heterocycles. The molecule has 0 bridgehead atoms. The molecule has 2 aromatic rings. The van der Waals surface area contributed by atoms with Gasteiger partial charge in [0.05, 0.1) is 18.2 Å². The molecule has 0 saturated carbocycles. The quantitative estimate of drug-likeness (QED) is 0.644. The summed E-state index contributed by atoms with van der Waals surface area (Å²) in [4.78, 5) is 23.2. The van der Waals surface area contributed by atoms with Crippen molar-refractivity contribution in [3.05, 3.63) is 59.1 Å². The van der Waals surface area contributed by atoms with Crippen LogP contribution in [0, 0.1) is 0 Å². The number of para-hydroxylation sites is 1. The van der Waals surface area contributed by atoms with Gasteiger partial charge in [0, 0.05) is 20.3 Å². The molecule has 0 spiro atoms. The van der Waals surface area contributed by atoms with Gasteiger partial charge in [0.25, 0.3) is 0 Å². The Kier molecular flexibility index (Phi) is 7.59. The highest BCUT2D eigenvalue weighted by Gasteiger charge is 2.32. The summed E-state index contributed by atoms with van der Waals surface area (Å²) in [5, 5.41) is 8.52. The van der Waals surface area contributed by atoms with Gasteiger partial charge in [-0.05, 0) is 29.8 Å². The molecule has 7 nitrogen and oxygen atoms in total. The SMILES string of the molecule is CC(=O)NC1=NN(C(C)=O)[C@H](c2ccc(OCCCOc3ccccc3)c(Cl)c2)S1. The maximum atomic E-state index is 11.9. The summed E-state index contributed by atoms with van der Waals surface area (Å²) in [6, 6.07) is 14.9. The third kappa shape index (κ3) is 5.90. The molecule has 0 aliphatic carbocycles. The van der Waals surface area contributed by atoms with Crippen molar-refractivity contribution in [1.82, 2.24) is 10.3 Å². The van der Waals surface area contributed by atoms with E-state index in [1.54, 1.807) is 12.1 Å². The third-order valence-corrected chi connectivity index (χ3v) is 5.45. The maximum absolute atomic E-state index is 11.9. The van der Waals surface area contributed by atoms with Crippen LogP contribution in [0.4, 0.5) is 0 Å². The lowest BCUT2D eigenvalue weighted by atomic mass is 10.2. The number of hydrogen-bond acceptors (Lipinski definition) is 6. The molecule has 1 N–H and O–H groups in total. The first-order valence-electron chi connectivity index (χ1n) is 9.37. The second-order valence-corrected chi connectivity index (χ2v) is 7.95. The van der Waals surface area contributed by atoms with Crippen molar-refractivity contribution in [3.63, 3.8) is 0 Å². The van der Waals surface area contributed by atoms with Crippen molar-refractivity contribution in [2.24, 2.45) is 5.10 Å². The largest absolute Gasteiger partial charge is 0.493 e. The molecule has 2 aromatic carbocycles. The topological polar surface area (TPSA) is 80.2 Å². The molecule has 2 amide bonds. The number of amides is 2. The van der Waals surface area contributed by atoms with Gasteiger partial charge in [-0.3, -0.25) is 9.59 Å². The Morgan fingerprint density at radius 3 is 2.53 bits per heavy atom. The predicted molar refractivity (Wildman–Crippen MR) is 118 cm³/mol. The van der Waals surface area contributed by atoms with Gasteiger partial charge < -0.3 is 14.8 Å². The second kappa shape index (κ2) is 10.4. The zero-order valence-corrected chi connectivity index (χ0v) is 18.2. The highest BCUT2D eigenvalue weighted by Crippen LogP contribution is 2.40. The van der Waals surface area contributed by atoms with E-state index in [9.17, 15) is 9.59 Å². The van der Waals surface area contributed by atoms with Crippen molar-refractivity contribution in [1.29, 1.82) is 0 Å². The fourth-order valence-electron chi connectivity index (χ4n) is 2.71. The van der Waals surface area contributed by atoms with Gasteiger partial charge in [0.2, 0.25) is 11.8 Å². The molecular weight excluding hydrogens is 426 g/mol. The number of ether oxygens (including phenoxy) is 2. The van der Waals surface area contributed by atoms with Gasteiger partial charge in [0.1, 0.15) is 16.9 Å². The number of carbonyl (C=O) groups is 2. The fraction of sp³-hybridized carbons (Fsp3) is 0.286. The number of halogens is 1. The number of amidine groups is 1. The minimum absolute atomic E-state index is 0.234. The minimum atomic E-state index is -0.407. The Hall–Kier alpha value is -2.71. The molecule has 0 unspecified atom stereocenters. The molecule has 0 radical (unpaired) electrons. The van der Waals surface area contributed by atoms with Crippen LogP contribution in [-0.2, 0) is 9.59 Å². The molecule has 1 aliphatic rings. The molecule has 9 heteroatoms. The summed E-state index contributed by atoms with van der Waals surface area (Å²) < 4.78 is 11.4. The molecule has 1 atom stereocenters. The van der Waals surface area contributed by atoms with Crippen LogP contribution < -0.4 is 14.8 Å². The van der Waals surface area contributed by atoms with Gasteiger partial charge in [-0.1, -0.05) is 47.6 Å². The van der Waals surface area contributed by atoms with E-state index in [2.05, 4.69) is 10.4 Å². The Balaban J connectivity index is 1.55. The number of thioether (sulfide) groups is 1. The Morgan fingerprint density at radius 1 is 1.13 bits per heavy atom. The highest BCUT2D eigenvalue weighted by atomic mass is 35.5. The average Bonchev–Trinajstić information content (AvgIpc) is 3.13. The second-order valence-electron chi connectivity index (χ2n) is 6.47. The molecule has 30 heavy (non-hydrogen) atoms. The molecule has 3 rings (SSSR count). The van der Waals surface area contributed by atoms with Gasteiger partial charge in [-0.15, -0.1) is 5.10 Å². The summed E-state index contributed by atoms with van der Waals surface area (Å²) in [7, 11) is 0. The van der Waals surface area contributed by atoms with E-state index in [-0.39, 0.29) is 11.8 Å². The average molecular weight is 448 g/mol. The van der Waals surface area contributed by atoms with E-state index in [4.69, 9.17) is 21.1 Å². The van der Waals surface area contributed by atoms with Crippen LogP contribution in [0.2, 0.25) is 5.02 Å². The van der Waals surface area contributed by atoms with Gasteiger partial charge in [-0.2, -0.15) is 0 Å². The number of benzene rings is 2. The van der Waals surface area contributed by atoms with Crippen LogP contribution in [0.5, 0.6) is 11.5 Å². The Bertz CT molecular complexity index is 939. The first kappa shape index (κ1) is 22.0. The van der Waals surface area contributed by atoms with Crippen molar-refractivity contribution < 1.29 is 19.1 Å². The summed E-state index contributed by atoms with van der Waals surface area (Å²) in [5.41, 5.74) is 0.782. The number of hydrazone groups is 1. The fourth-order valence-corrected chi connectivity index (χ4v) is 4.09. The number of nitrogens with zero attached hydrogens (tertiary/aromatic N) is 2. The van der Waals surface area contributed by atoms with Crippen LogP contribution >= 0.6 is 23.4 Å². The molecule has 0 fully saturated rings. The normalized spacial score (nSPS) is 15.5. The molecular formula is C21H22ClN3O4S. The smallest absolute Gasteiger partial charge is 0.241 e. The van der Waals surface area contributed by atoms with Gasteiger partial charge in [-0.25, -0.2) is 5.01 Å². The Morgan fingerprint density at radius 2 is 1.87 bits per heavy atom. The third-order valence-electron chi connectivity index (χ3n) is 4.05. The molecule has 0 saturated heterocycles. The highest BCUT2D eigenvalue weighted by molar-refractivity contribution is 8.14. The standard InChI is InChI=1S/C21H22ClN3O4S/c1-14(26)23-21-24-25(15(2)27)20(30-21)16-9-10-19(18(22)13-16)29-12-6-11-28-17-7-4-3-5-8-17/h3-5,7-10,13,20H,6,11-12H2,1-2H3,(H,23,24,26)/t20-/m0/s1. The lowest BCUT2D eigenvalue weighted by Crippen LogP contribution is -2.25. The lowest BCUT2D eigenvalue weighted by molar-refractivity contribution is -0.129. The zero-order valence-electron chi connectivity index (χ0n) is 16.6. The van der Waals surface area contributed by atoms with Gasteiger partial charge >= 0.3 is 0 Å². The first-order valence-corrected chi connectivity index (χ1v) is 10.6. The first-order chi connectivity index (χ1) is 14.4. The predicted octanol–water partition coefficient (Wildman–Crippen LogP) is 4.19. The number of carbonyl (C=O) groups excluding carboxylic acids is 2. The van der Waals surface area contributed by atoms with Crippen molar-refractivity contribution >= 4 is 40.3 Å². The summed E-state index contributed by atoms with van der Waals surface area (Å²) in [5.74, 6) is 0.900. The van der Waals surface area contributed by atoms with Crippen LogP contribution in [-0.4, -0.2) is 35.2 Å². The monoisotopic (exact) mass is 447 g/mol. The van der Waals surface area contributed by atoms with Crippen LogP contribution in [0.15, 0.2) is 53.6 Å². The summed E-state index contributed by atoms with van der Waals surface area (Å²) in [6.07, 6.45) is 0.706. The van der Waals surface area contributed by atoms with E-state index >= 15 is 0 Å². The molecule has 158 valence electrons. The summed E-state index contributed by atoms with van der Waals surface area (Å²) in [6.45, 7) is 3.81. The van der Waals surface area contributed by atoms with E-state index in [1.807, 2.05) is 36.4 Å². The van der Waals surface area contributed by atoms with Crippen LogP contribution in [0.3, 0.4) is 0 Å². The van der Waals surface area contributed by atoms with Crippen molar-refractivity contribution in [2.75, 3.05) is 13.2 Å². The zero-order chi connectivity index (χ0) is 21.5.